The highest BCUT2D eigenvalue weighted by Gasteiger charge is 2.40. The number of nitrogens with zero attached hydrogens (tertiary/aromatic N) is 4. The Bertz CT molecular complexity index is 1550. The minimum atomic E-state index is -0.954. The van der Waals surface area contributed by atoms with E-state index in [1.807, 2.05) is 56.3 Å². The zero-order valence-electron chi connectivity index (χ0n) is 20.5. The van der Waals surface area contributed by atoms with Gasteiger partial charge in [-0.05, 0) is 52.6 Å². The zero-order chi connectivity index (χ0) is 26.7. The number of aromatic nitrogens is 2. The first-order valence-electron chi connectivity index (χ1n) is 11.5. The number of aliphatic carboxylic acids is 1. The van der Waals surface area contributed by atoms with Crippen molar-refractivity contribution >= 4 is 34.8 Å². The van der Waals surface area contributed by atoms with Crippen LogP contribution in [0.15, 0.2) is 77.9 Å². The standard InChI is InChI=1S/C15H17NO2.C13H7N3O3/c1-10(2)15(3,14(17)18)13-9-8-11-6-4-5-7-12(11)16-13;17-13-11-5-8(1-2-10(11)7-15-13)9-3-4-12(14-6-9)16(18)19/h4-10H,1-3H3,(H,17,18);1-7H. The van der Waals surface area contributed by atoms with Gasteiger partial charge in [-0.15, -0.1) is 0 Å². The number of carboxylic acid groups (broad SMARTS) is 1. The maximum absolute atomic E-state index is 11.6. The molecule has 1 aliphatic rings. The molecule has 0 bridgehead atoms. The Hall–Kier alpha value is -4.79. The molecule has 1 N–H and O–H groups in total. The van der Waals surface area contributed by atoms with Crippen LogP contribution in [0.5, 0.6) is 0 Å². The van der Waals surface area contributed by atoms with E-state index < -0.39 is 16.3 Å². The molecule has 186 valence electrons. The number of rotatable bonds is 5. The third-order valence-corrected chi connectivity index (χ3v) is 6.60. The Morgan fingerprint density at radius 3 is 2.41 bits per heavy atom. The van der Waals surface area contributed by atoms with E-state index in [2.05, 4.69) is 15.0 Å². The average Bonchev–Trinajstić information content (AvgIpc) is 3.28. The number of nitro groups is 1. The maximum atomic E-state index is 11.6. The van der Waals surface area contributed by atoms with Crippen LogP contribution in [0.2, 0.25) is 0 Å². The van der Waals surface area contributed by atoms with Gasteiger partial charge in [-0.1, -0.05) is 50.2 Å². The quantitative estimate of drug-likeness (QED) is 0.286. The third-order valence-electron chi connectivity index (χ3n) is 6.60. The lowest BCUT2D eigenvalue weighted by Crippen LogP contribution is -2.38. The second-order valence-corrected chi connectivity index (χ2v) is 9.08. The summed E-state index contributed by atoms with van der Waals surface area (Å²) in [4.78, 5) is 45.0. The lowest BCUT2D eigenvalue weighted by atomic mass is 9.76. The topological polar surface area (TPSA) is 136 Å². The summed E-state index contributed by atoms with van der Waals surface area (Å²) in [6, 6.07) is 19.8. The van der Waals surface area contributed by atoms with Gasteiger partial charge >= 0.3 is 11.8 Å². The van der Waals surface area contributed by atoms with E-state index in [-0.39, 0.29) is 17.6 Å². The highest BCUT2D eigenvalue weighted by Crippen LogP contribution is 2.32. The van der Waals surface area contributed by atoms with E-state index in [1.54, 1.807) is 25.1 Å². The summed E-state index contributed by atoms with van der Waals surface area (Å²) in [6.07, 6.45) is 2.94. The molecule has 0 radical (unpaired) electrons. The van der Waals surface area contributed by atoms with Crippen molar-refractivity contribution in [1.82, 2.24) is 9.97 Å². The lowest BCUT2D eigenvalue weighted by Gasteiger charge is -2.28. The molecule has 4 aromatic rings. The summed E-state index contributed by atoms with van der Waals surface area (Å²) in [5.74, 6) is -1.33. The molecule has 0 saturated heterocycles. The normalized spacial score (nSPS) is 13.6. The predicted octanol–water partition coefficient (Wildman–Crippen LogP) is 5.46. The molecule has 0 saturated carbocycles. The SMILES string of the molecule is CC(C)C(C)(C(=O)O)c1ccc2ccccc2n1.O=C1N=Cc2ccc(-c3ccc([N+](=O)[O-])nc3)cc21. The van der Waals surface area contributed by atoms with Gasteiger partial charge in [0.25, 0.3) is 5.91 Å². The van der Waals surface area contributed by atoms with Gasteiger partial charge in [0, 0.05) is 28.8 Å². The molecule has 1 amide bonds. The van der Waals surface area contributed by atoms with Crippen LogP contribution in [0.25, 0.3) is 22.0 Å². The molecule has 0 fully saturated rings. The van der Waals surface area contributed by atoms with Crippen molar-refractivity contribution in [2.24, 2.45) is 10.9 Å². The van der Waals surface area contributed by atoms with E-state index >= 15 is 0 Å². The molecule has 1 aliphatic heterocycles. The van der Waals surface area contributed by atoms with Gasteiger partial charge < -0.3 is 15.2 Å². The first-order chi connectivity index (χ1) is 17.6. The van der Waals surface area contributed by atoms with Gasteiger partial charge in [-0.25, -0.2) is 4.99 Å². The number of hydrogen-bond acceptors (Lipinski definition) is 6. The van der Waals surface area contributed by atoms with Crippen molar-refractivity contribution in [3.63, 3.8) is 0 Å². The van der Waals surface area contributed by atoms with Crippen molar-refractivity contribution in [3.8, 4) is 11.1 Å². The van der Waals surface area contributed by atoms with Gasteiger partial charge in [0.05, 0.1) is 16.8 Å². The third kappa shape index (κ3) is 4.97. The summed E-state index contributed by atoms with van der Waals surface area (Å²) in [6.45, 7) is 5.55. The Morgan fingerprint density at radius 2 is 1.76 bits per heavy atom. The largest absolute Gasteiger partial charge is 0.481 e. The summed E-state index contributed by atoms with van der Waals surface area (Å²) in [7, 11) is 0. The predicted molar refractivity (Wildman–Crippen MR) is 140 cm³/mol. The van der Waals surface area contributed by atoms with Crippen LogP contribution in [0.4, 0.5) is 5.82 Å². The minimum Gasteiger partial charge on any atom is -0.481 e. The average molecular weight is 497 g/mol. The van der Waals surface area contributed by atoms with Crippen molar-refractivity contribution in [2.45, 2.75) is 26.2 Å². The summed E-state index contributed by atoms with van der Waals surface area (Å²) < 4.78 is 0. The number of pyridine rings is 2. The highest BCUT2D eigenvalue weighted by molar-refractivity contribution is 6.13. The van der Waals surface area contributed by atoms with E-state index in [0.29, 0.717) is 16.8 Å². The van der Waals surface area contributed by atoms with Crippen LogP contribution < -0.4 is 0 Å². The van der Waals surface area contributed by atoms with Gasteiger partial charge in [0.1, 0.15) is 11.6 Å². The minimum absolute atomic E-state index is 0.0244. The van der Waals surface area contributed by atoms with Gasteiger partial charge in [-0.2, -0.15) is 0 Å². The number of hydrogen-bond donors (Lipinski definition) is 1. The Balaban J connectivity index is 0.000000173. The molecular formula is C28H24N4O5. The molecule has 2 aromatic carbocycles. The number of carbonyl (C=O) groups excluding carboxylic acids is 1. The second kappa shape index (κ2) is 10.1. The van der Waals surface area contributed by atoms with E-state index in [1.165, 1.54) is 18.5 Å². The maximum Gasteiger partial charge on any atom is 0.363 e. The molecule has 9 heteroatoms. The smallest absolute Gasteiger partial charge is 0.363 e. The van der Waals surface area contributed by atoms with Crippen LogP contribution in [-0.4, -0.2) is 38.1 Å². The van der Waals surface area contributed by atoms with Crippen LogP contribution in [0, 0.1) is 16.0 Å². The number of carboxylic acids is 1. The number of carbonyl (C=O) groups is 2. The van der Waals surface area contributed by atoms with Crippen molar-refractivity contribution < 1.29 is 19.6 Å². The molecular weight excluding hydrogens is 472 g/mol. The van der Waals surface area contributed by atoms with E-state index in [4.69, 9.17) is 0 Å². The van der Waals surface area contributed by atoms with Gasteiger partial charge in [-0.3, -0.25) is 14.6 Å². The lowest BCUT2D eigenvalue weighted by molar-refractivity contribution is -0.389. The number of amides is 1. The highest BCUT2D eigenvalue weighted by atomic mass is 16.6. The molecule has 1 unspecified atom stereocenters. The first kappa shape index (κ1) is 25.3. The zero-order valence-corrected chi connectivity index (χ0v) is 20.5. The van der Waals surface area contributed by atoms with Gasteiger partial charge in [0.15, 0.2) is 0 Å². The molecule has 37 heavy (non-hydrogen) atoms. The van der Waals surface area contributed by atoms with Crippen LogP contribution in [0.1, 0.15) is 42.4 Å². The van der Waals surface area contributed by atoms with Crippen molar-refractivity contribution in [3.05, 3.63) is 99.9 Å². The molecule has 5 rings (SSSR count). The molecule has 0 spiro atoms. The summed E-state index contributed by atoms with van der Waals surface area (Å²) in [5.41, 5.74) is 3.31. The fraction of sp³-hybridized carbons (Fsp3) is 0.179. The monoisotopic (exact) mass is 496 g/mol. The van der Waals surface area contributed by atoms with E-state index in [0.717, 1.165) is 22.0 Å². The molecule has 2 aromatic heterocycles. The van der Waals surface area contributed by atoms with Crippen LogP contribution in [0.3, 0.4) is 0 Å². The molecule has 3 heterocycles. The molecule has 0 aliphatic carbocycles. The Morgan fingerprint density at radius 1 is 1.03 bits per heavy atom. The van der Waals surface area contributed by atoms with Gasteiger partial charge in [0.2, 0.25) is 0 Å². The molecule has 9 nitrogen and oxygen atoms in total. The summed E-state index contributed by atoms with van der Waals surface area (Å²) in [5, 5.41) is 21.0. The fourth-order valence-corrected chi connectivity index (χ4v) is 3.90. The van der Waals surface area contributed by atoms with Crippen molar-refractivity contribution in [1.29, 1.82) is 0 Å². The number of benzene rings is 2. The van der Waals surface area contributed by atoms with Crippen molar-refractivity contribution in [2.75, 3.05) is 0 Å². The first-order valence-corrected chi connectivity index (χ1v) is 11.5. The summed E-state index contributed by atoms with van der Waals surface area (Å²) >= 11 is 0. The van der Waals surface area contributed by atoms with Crippen LogP contribution >= 0.6 is 0 Å². The Labute approximate surface area is 212 Å². The molecule has 1 atom stereocenters. The second-order valence-electron chi connectivity index (χ2n) is 9.08. The fourth-order valence-electron chi connectivity index (χ4n) is 3.90. The van der Waals surface area contributed by atoms with Crippen LogP contribution in [-0.2, 0) is 10.2 Å². The number of aliphatic imine (C=N–C) groups is 1. The van der Waals surface area contributed by atoms with E-state index in [9.17, 15) is 24.8 Å². The Kier molecular flexibility index (Phi) is 6.88. The number of fused-ring (bicyclic) bond motifs is 2. The number of para-hydroxylation sites is 1.